The zero-order chi connectivity index (χ0) is 16.5. The van der Waals surface area contributed by atoms with Gasteiger partial charge < -0.3 is 10.1 Å². The maximum Gasteiger partial charge on any atom is 0.138 e. The second kappa shape index (κ2) is 5.86. The Kier molecular flexibility index (Phi) is 3.55. The fraction of sp³-hybridized carbons (Fsp3) is 0.105. The Morgan fingerprint density at radius 3 is 2.79 bits per heavy atom. The van der Waals surface area contributed by atoms with E-state index in [4.69, 9.17) is 0 Å². The lowest BCUT2D eigenvalue weighted by molar-refractivity contribution is 0.281. The summed E-state index contributed by atoms with van der Waals surface area (Å²) in [4.78, 5) is 16.7. The molecule has 0 amide bonds. The van der Waals surface area contributed by atoms with Crippen molar-refractivity contribution < 1.29 is 5.11 Å². The third-order valence-corrected chi connectivity index (χ3v) is 3.97. The summed E-state index contributed by atoms with van der Waals surface area (Å²) in [5.74, 6) is 0. The number of hydrogen-bond donors (Lipinski definition) is 2. The van der Waals surface area contributed by atoms with E-state index in [-0.39, 0.29) is 6.61 Å². The first kappa shape index (κ1) is 14.5. The SMILES string of the molecule is Cc1cccc(-c2cc(-c3cncc(CO)c3)c3cc[nH]c3n2)n1. The molecule has 5 heteroatoms. The van der Waals surface area contributed by atoms with E-state index in [9.17, 15) is 5.11 Å². The van der Waals surface area contributed by atoms with Gasteiger partial charge in [0.25, 0.3) is 0 Å². The number of pyridine rings is 3. The molecule has 4 rings (SSSR count). The molecule has 0 aromatic carbocycles. The predicted molar refractivity (Wildman–Crippen MR) is 93.2 cm³/mol. The van der Waals surface area contributed by atoms with Crippen molar-refractivity contribution in [2.75, 3.05) is 0 Å². The maximum absolute atomic E-state index is 9.38. The normalized spacial score (nSPS) is 11.1. The standard InChI is InChI=1S/C19H16N4O/c1-12-3-2-4-17(22-12)18-8-16(15-5-6-21-19(15)23-18)14-7-13(11-24)9-20-10-14/h2-10,24H,11H2,1H3,(H,21,23). The highest BCUT2D eigenvalue weighted by atomic mass is 16.3. The summed E-state index contributed by atoms with van der Waals surface area (Å²) in [6.45, 7) is 1.93. The number of aromatic nitrogens is 4. The number of fused-ring (bicyclic) bond motifs is 1. The van der Waals surface area contributed by atoms with Crippen molar-refractivity contribution in [1.29, 1.82) is 0 Å². The largest absolute Gasteiger partial charge is 0.392 e. The third-order valence-electron chi connectivity index (χ3n) is 3.97. The van der Waals surface area contributed by atoms with Crippen LogP contribution >= 0.6 is 0 Å². The molecule has 0 aliphatic rings. The first-order valence-corrected chi connectivity index (χ1v) is 7.72. The number of hydrogen-bond acceptors (Lipinski definition) is 4. The lowest BCUT2D eigenvalue weighted by atomic mass is 10.0. The average molecular weight is 316 g/mol. The smallest absolute Gasteiger partial charge is 0.138 e. The first-order chi connectivity index (χ1) is 11.7. The Bertz CT molecular complexity index is 1020. The number of nitrogens with one attached hydrogen (secondary N) is 1. The van der Waals surface area contributed by atoms with Crippen molar-refractivity contribution in [3.63, 3.8) is 0 Å². The molecular formula is C19H16N4O. The van der Waals surface area contributed by atoms with Gasteiger partial charge in [0.1, 0.15) is 5.65 Å². The maximum atomic E-state index is 9.38. The van der Waals surface area contributed by atoms with Crippen LogP contribution in [0.5, 0.6) is 0 Å². The van der Waals surface area contributed by atoms with Crippen LogP contribution in [0.15, 0.2) is 55.0 Å². The Labute approximate surface area is 139 Å². The van der Waals surface area contributed by atoms with Crippen molar-refractivity contribution in [2.45, 2.75) is 13.5 Å². The zero-order valence-corrected chi connectivity index (χ0v) is 13.2. The van der Waals surface area contributed by atoms with Crippen molar-refractivity contribution in [2.24, 2.45) is 0 Å². The van der Waals surface area contributed by atoms with Gasteiger partial charge in [-0.15, -0.1) is 0 Å². The summed E-state index contributed by atoms with van der Waals surface area (Å²) in [5.41, 5.74) is 6.14. The molecule has 0 spiro atoms. The molecule has 2 N–H and O–H groups in total. The highest BCUT2D eigenvalue weighted by molar-refractivity contribution is 5.95. The molecule has 0 saturated heterocycles. The number of aromatic amines is 1. The molecule has 5 nitrogen and oxygen atoms in total. The van der Waals surface area contributed by atoms with E-state index in [1.54, 1.807) is 12.4 Å². The molecule has 0 aliphatic heterocycles. The minimum Gasteiger partial charge on any atom is -0.392 e. The van der Waals surface area contributed by atoms with Crippen LogP contribution in [0, 0.1) is 6.92 Å². The number of nitrogens with zero attached hydrogens (tertiary/aromatic N) is 3. The van der Waals surface area contributed by atoms with E-state index in [0.717, 1.165) is 44.8 Å². The molecule has 0 fully saturated rings. The van der Waals surface area contributed by atoms with Crippen LogP contribution in [0.4, 0.5) is 0 Å². The molecule has 0 radical (unpaired) electrons. The lowest BCUT2D eigenvalue weighted by Gasteiger charge is -2.08. The highest BCUT2D eigenvalue weighted by Crippen LogP contribution is 2.31. The van der Waals surface area contributed by atoms with Gasteiger partial charge in [-0.25, -0.2) is 4.98 Å². The summed E-state index contributed by atoms with van der Waals surface area (Å²) in [5, 5.41) is 10.4. The molecule has 0 bridgehead atoms. The Balaban J connectivity index is 1.95. The van der Waals surface area contributed by atoms with Gasteiger partial charge in [0.05, 0.1) is 18.0 Å². The summed E-state index contributed by atoms with van der Waals surface area (Å²) in [7, 11) is 0. The van der Waals surface area contributed by atoms with Gasteiger partial charge in [0, 0.05) is 35.2 Å². The van der Waals surface area contributed by atoms with Crippen LogP contribution in [-0.2, 0) is 6.61 Å². The second-order valence-electron chi connectivity index (χ2n) is 5.70. The summed E-state index contributed by atoms with van der Waals surface area (Å²) < 4.78 is 0. The van der Waals surface area contributed by atoms with Crippen LogP contribution in [-0.4, -0.2) is 25.0 Å². The van der Waals surface area contributed by atoms with E-state index in [2.05, 4.69) is 19.9 Å². The molecule has 0 aliphatic carbocycles. The van der Waals surface area contributed by atoms with Crippen LogP contribution < -0.4 is 0 Å². The molecule has 4 aromatic heterocycles. The Morgan fingerprint density at radius 2 is 1.96 bits per heavy atom. The van der Waals surface area contributed by atoms with Gasteiger partial charge in [-0.1, -0.05) is 6.07 Å². The third kappa shape index (κ3) is 2.55. The number of H-pyrrole nitrogens is 1. The lowest BCUT2D eigenvalue weighted by Crippen LogP contribution is -1.93. The molecule has 0 saturated carbocycles. The molecule has 118 valence electrons. The number of aliphatic hydroxyl groups is 1. The molecule has 0 atom stereocenters. The van der Waals surface area contributed by atoms with Gasteiger partial charge >= 0.3 is 0 Å². The van der Waals surface area contributed by atoms with Crippen molar-refractivity contribution >= 4 is 11.0 Å². The van der Waals surface area contributed by atoms with Crippen LogP contribution in [0.1, 0.15) is 11.3 Å². The monoisotopic (exact) mass is 316 g/mol. The molecule has 24 heavy (non-hydrogen) atoms. The van der Waals surface area contributed by atoms with Gasteiger partial charge in [-0.3, -0.25) is 9.97 Å². The minimum absolute atomic E-state index is 0.0332. The first-order valence-electron chi connectivity index (χ1n) is 7.72. The summed E-state index contributed by atoms with van der Waals surface area (Å²) in [6, 6.07) is 11.9. The van der Waals surface area contributed by atoms with Gasteiger partial charge in [0.15, 0.2) is 0 Å². The van der Waals surface area contributed by atoms with Gasteiger partial charge in [-0.2, -0.15) is 0 Å². The molecule has 4 heterocycles. The topological polar surface area (TPSA) is 74.7 Å². The van der Waals surface area contributed by atoms with Gasteiger partial charge in [-0.05, 0) is 48.4 Å². The molecule has 0 unspecified atom stereocenters. The molecular weight excluding hydrogens is 300 g/mol. The van der Waals surface area contributed by atoms with E-state index in [1.165, 1.54) is 0 Å². The van der Waals surface area contributed by atoms with Crippen LogP contribution in [0.25, 0.3) is 33.5 Å². The van der Waals surface area contributed by atoms with E-state index >= 15 is 0 Å². The second-order valence-corrected chi connectivity index (χ2v) is 5.70. The van der Waals surface area contributed by atoms with E-state index in [0.29, 0.717) is 0 Å². The zero-order valence-electron chi connectivity index (χ0n) is 13.2. The van der Waals surface area contributed by atoms with Crippen molar-refractivity contribution in [3.05, 3.63) is 66.2 Å². The predicted octanol–water partition coefficient (Wildman–Crippen LogP) is 3.49. The summed E-state index contributed by atoms with van der Waals surface area (Å²) in [6.07, 6.45) is 5.34. The van der Waals surface area contributed by atoms with E-state index < -0.39 is 0 Å². The fourth-order valence-corrected chi connectivity index (χ4v) is 2.81. The Hall–Kier alpha value is -3.05. The van der Waals surface area contributed by atoms with Gasteiger partial charge in [0.2, 0.25) is 0 Å². The summed E-state index contributed by atoms with van der Waals surface area (Å²) >= 11 is 0. The van der Waals surface area contributed by atoms with Crippen molar-refractivity contribution in [3.8, 4) is 22.5 Å². The van der Waals surface area contributed by atoms with E-state index in [1.807, 2.05) is 49.5 Å². The number of aryl methyl sites for hydroxylation is 1. The Morgan fingerprint density at radius 1 is 1.04 bits per heavy atom. The minimum atomic E-state index is -0.0332. The molecule has 4 aromatic rings. The van der Waals surface area contributed by atoms with Crippen molar-refractivity contribution in [1.82, 2.24) is 19.9 Å². The van der Waals surface area contributed by atoms with Crippen LogP contribution in [0.2, 0.25) is 0 Å². The van der Waals surface area contributed by atoms with Crippen LogP contribution in [0.3, 0.4) is 0 Å². The quantitative estimate of drug-likeness (QED) is 0.607. The number of rotatable bonds is 3. The highest BCUT2D eigenvalue weighted by Gasteiger charge is 2.12. The average Bonchev–Trinajstić information content (AvgIpc) is 3.09. The number of aliphatic hydroxyl groups excluding tert-OH is 1. The fourth-order valence-electron chi connectivity index (χ4n) is 2.81.